The molecule has 1 rings (SSSR count). The smallest absolute Gasteiger partial charge is 0.310 e. The maximum Gasteiger partial charge on any atom is 0.310 e. The van der Waals surface area contributed by atoms with E-state index in [4.69, 9.17) is 16.3 Å². The summed E-state index contributed by atoms with van der Waals surface area (Å²) >= 11 is 5.39. The number of alkyl halides is 1. The number of carbonyl (C=O) groups is 2. The van der Waals surface area contributed by atoms with Gasteiger partial charge in [-0.25, -0.2) is 0 Å². The fourth-order valence-corrected chi connectivity index (χ4v) is 1.49. The molecule has 0 saturated heterocycles. The van der Waals surface area contributed by atoms with Gasteiger partial charge in [0, 0.05) is 5.92 Å². The molecule has 4 heteroatoms. The first-order valence-corrected chi connectivity index (χ1v) is 5.20. The van der Waals surface area contributed by atoms with Crippen molar-refractivity contribution < 1.29 is 14.3 Å². The fraction of sp³-hybridized carbons (Fsp3) is 0.800. The largest absolute Gasteiger partial charge is 0.460 e. The second-order valence-corrected chi connectivity index (χ2v) is 4.85. The summed E-state index contributed by atoms with van der Waals surface area (Å²) in [6, 6.07) is 0. The first-order chi connectivity index (χ1) is 6.35. The predicted octanol–water partition coefficient (Wildman–Crippen LogP) is 1.77. The van der Waals surface area contributed by atoms with Crippen molar-refractivity contribution in [3.8, 4) is 0 Å². The Morgan fingerprint density at radius 3 is 2.36 bits per heavy atom. The summed E-state index contributed by atoms with van der Waals surface area (Å²) in [6.45, 7) is 5.43. The van der Waals surface area contributed by atoms with E-state index >= 15 is 0 Å². The molecule has 1 fully saturated rings. The molecule has 0 aliphatic heterocycles. The molecule has 1 saturated carbocycles. The lowest BCUT2D eigenvalue weighted by molar-refractivity contribution is -0.157. The highest BCUT2D eigenvalue weighted by atomic mass is 35.5. The van der Waals surface area contributed by atoms with E-state index in [9.17, 15) is 9.59 Å². The lowest BCUT2D eigenvalue weighted by atomic mass is 10.2. The van der Waals surface area contributed by atoms with Gasteiger partial charge < -0.3 is 4.74 Å². The van der Waals surface area contributed by atoms with Crippen molar-refractivity contribution in [1.29, 1.82) is 0 Å². The van der Waals surface area contributed by atoms with Gasteiger partial charge in [-0.3, -0.25) is 9.59 Å². The van der Waals surface area contributed by atoms with Crippen LogP contribution in [0.1, 0.15) is 27.2 Å². The zero-order valence-electron chi connectivity index (χ0n) is 8.67. The monoisotopic (exact) mass is 218 g/mol. The predicted molar refractivity (Wildman–Crippen MR) is 53.2 cm³/mol. The average molecular weight is 219 g/mol. The van der Waals surface area contributed by atoms with Crippen LogP contribution in [0.15, 0.2) is 0 Å². The van der Waals surface area contributed by atoms with Gasteiger partial charge in [-0.15, -0.1) is 11.6 Å². The maximum absolute atomic E-state index is 11.4. The molecule has 2 unspecified atom stereocenters. The van der Waals surface area contributed by atoms with Crippen LogP contribution in [-0.4, -0.2) is 23.2 Å². The van der Waals surface area contributed by atoms with E-state index < -0.39 is 5.60 Å². The van der Waals surface area contributed by atoms with Gasteiger partial charge >= 0.3 is 5.97 Å². The van der Waals surface area contributed by atoms with Crippen molar-refractivity contribution in [2.24, 2.45) is 11.8 Å². The van der Waals surface area contributed by atoms with E-state index in [2.05, 4.69) is 0 Å². The van der Waals surface area contributed by atoms with Gasteiger partial charge in [0.05, 0.1) is 11.8 Å². The van der Waals surface area contributed by atoms with E-state index in [1.54, 1.807) is 0 Å². The van der Waals surface area contributed by atoms with Gasteiger partial charge in [0.25, 0.3) is 0 Å². The van der Waals surface area contributed by atoms with E-state index in [1.807, 2.05) is 20.8 Å². The van der Waals surface area contributed by atoms with Crippen molar-refractivity contribution in [2.45, 2.75) is 32.8 Å². The third kappa shape index (κ3) is 2.98. The summed E-state index contributed by atoms with van der Waals surface area (Å²) < 4.78 is 5.15. The standard InChI is InChI=1S/C10H15ClO3/c1-10(2,3)14-9(13)7-4-6(7)8(12)5-11/h6-7H,4-5H2,1-3H3. The first-order valence-electron chi connectivity index (χ1n) is 4.66. The van der Waals surface area contributed by atoms with Crippen LogP contribution in [-0.2, 0) is 14.3 Å². The Bertz CT molecular complexity index is 255. The Balaban J connectivity index is 2.40. The van der Waals surface area contributed by atoms with Crippen LogP contribution >= 0.6 is 11.6 Å². The van der Waals surface area contributed by atoms with Crippen LogP contribution in [0.2, 0.25) is 0 Å². The summed E-state index contributed by atoms with van der Waals surface area (Å²) in [6.07, 6.45) is 0.598. The second-order valence-electron chi connectivity index (χ2n) is 4.58. The van der Waals surface area contributed by atoms with Crippen molar-refractivity contribution in [1.82, 2.24) is 0 Å². The van der Waals surface area contributed by atoms with Gasteiger partial charge in [0.15, 0.2) is 5.78 Å². The normalized spacial score (nSPS) is 25.7. The van der Waals surface area contributed by atoms with Gasteiger partial charge in [-0.2, -0.15) is 0 Å². The third-order valence-corrected chi connectivity index (χ3v) is 2.31. The molecule has 0 bridgehead atoms. The highest BCUT2D eigenvalue weighted by molar-refractivity contribution is 6.28. The Kier molecular flexibility index (Phi) is 3.20. The molecule has 0 aromatic heterocycles. The summed E-state index contributed by atoms with van der Waals surface area (Å²) in [5, 5.41) is 0. The molecule has 1 aliphatic carbocycles. The second kappa shape index (κ2) is 3.89. The molecule has 0 spiro atoms. The van der Waals surface area contributed by atoms with Crippen LogP contribution < -0.4 is 0 Å². The lowest BCUT2D eigenvalue weighted by Crippen LogP contribution is -2.25. The number of esters is 1. The number of ether oxygens (including phenoxy) is 1. The SMILES string of the molecule is CC(C)(C)OC(=O)C1CC1C(=O)CCl. The van der Waals surface area contributed by atoms with E-state index in [1.165, 1.54) is 0 Å². The van der Waals surface area contributed by atoms with Gasteiger partial charge in [-0.1, -0.05) is 0 Å². The Labute approximate surface area is 88.8 Å². The molecule has 0 aromatic carbocycles. The van der Waals surface area contributed by atoms with Gasteiger partial charge in [0.1, 0.15) is 5.60 Å². The van der Waals surface area contributed by atoms with E-state index in [0.29, 0.717) is 6.42 Å². The minimum Gasteiger partial charge on any atom is -0.460 e. The number of rotatable bonds is 3. The minimum atomic E-state index is -0.478. The minimum absolute atomic E-state index is 0.00996. The molecule has 0 amide bonds. The summed E-state index contributed by atoms with van der Waals surface area (Å²) in [5.41, 5.74) is -0.478. The molecule has 80 valence electrons. The van der Waals surface area contributed by atoms with Crippen molar-refractivity contribution in [2.75, 3.05) is 5.88 Å². The molecule has 14 heavy (non-hydrogen) atoms. The van der Waals surface area contributed by atoms with Crippen LogP contribution in [0.4, 0.5) is 0 Å². The maximum atomic E-state index is 11.4. The van der Waals surface area contributed by atoms with Crippen LogP contribution in [0.5, 0.6) is 0 Å². The zero-order valence-corrected chi connectivity index (χ0v) is 9.43. The van der Waals surface area contributed by atoms with E-state index in [0.717, 1.165) is 0 Å². The van der Waals surface area contributed by atoms with Crippen molar-refractivity contribution in [3.63, 3.8) is 0 Å². The average Bonchev–Trinajstić information content (AvgIpc) is 2.78. The van der Waals surface area contributed by atoms with Crippen LogP contribution in [0.25, 0.3) is 0 Å². The first kappa shape index (κ1) is 11.5. The molecule has 2 atom stereocenters. The van der Waals surface area contributed by atoms with Crippen molar-refractivity contribution in [3.05, 3.63) is 0 Å². The van der Waals surface area contributed by atoms with Gasteiger partial charge in [-0.05, 0) is 27.2 Å². The number of Topliss-reactive ketones (excluding diaryl/α,β-unsaturated/α-hetero) is 1. The Hall–Kier alpha value is -0.570. The summed E-state index contributed by atoms with van der Waals surface area (Å²) in [7, 11) is 0. The Morgan fingerprint density at radius 2 is 1.93 bits per heavy atom. The topological polar surface area (TPSA) is 43.4 Å². The molecule has 1 aliphatic rings. The van der Waals surface area contributed by atoms with Gasteiger partial charge in [0.2, 0.25) is 0 Å². The number of hydrogen-bond acceptors (Lipinski definition) is 3. The molecular formula is C10H15ClO3. The number of carbonyl (C=O) groups excluding carboxylic acids is 2. The van der Waals surface area contributed by atoms with Crippen molar-refractivity contribution >= 4 is 23.4 Å². The molecular weight excluding hydrogens is 204 g/mol. The highest BCUT2D eigenvalue weighted by Crippen LogP contribution is 2.41. The molecule has 3 nitrogen and oxygen atoms in total. The molecule has 0 radical (unpaired) electrons. The summed E-state index contributed by atoms with van der Waals surface area (Å²) in [5.74, 6) is -0.782. The lowest BCUT2D eigenvalue weighted by Gasteiger charge is -2.19. The van der Waals surface area contributed by atoms with Crippen LogP contribution in [0.3, 0.4) is 0 Å². The fourth-order valence-electron chi connectivity index (χ4n) is 1.29. The number of halogens is 1. The number of hydrogen-bond donors (Lipinski definition) is 0. The third-order valence-electron chi connectivity index (χ3n) is 2.05. The Morgan fingerprint density at radius 1 is 1.36 bits per heavy atom. The molecule has 0 heterocycles. The van der Waals surface area contributed by atoms with Crippen LogP contribution in [0, 0.1) is 11.8 Å². The quantitative estimate of drug-likeness (QED) is 0.536. The van der Waals surface area contributed by atoms with E-state index in [-0.39, 0.29) is 29.5 Å². The molecule has 0 aromatic rings. The molecule has 0 N–H and O–H groups in total. The number of ketones is 1. The highest BCUT2D eigenvalue weighted by Gasteiger charge is 2.49. The summed E-state index contributed by atoms with van der Waals surface area (Å²) in [4.78, 5) is 22.5. The zero-order chi connectivity index (χ0) is 10.9.